The van der Waals surface area contributed by atoms with Crippen LogP contribution in [0.25, 0.3) is 0 Å². The van der Waals surface area contributed by atoms with E-state index in [1.54, 1.807) is 20.4 Å². The summed E-state index contributed by atoms with van der Waals surface area (Å²) in [5.74, 6) is 1.57. The van der Waals surface area contributed by atoms with Crippen molar-refractivity contribution in [1.29, 1.82) is 0 Å². The van der Waals surface area contributed by atoms with Gasteiger partial charge in [-0.15, -0.1) is 0 Å². The van der Waals surface area contributed by atoms with Crippen LogP contribution < -0.4 is 15.4 Å². The predicted molar refractivity (Wildman–Crippen MR) is 90.9 cm³/mol. The summed E-state index contributed by atoms with van der Waals surface area (Å²) >= 11 is 3.49. The minimum absolute atomic E-state index is 0.669. The molecule has 22 heavy (non-hydrogen) atoms. The SMILES string of the molecule is CN=C(NCc1ccc(OC)c(Br)c1)NCc1ccnn1C. The number of hydrogen-bond acceptors (Lipinski definition) is 3. The molecule has 1 heterocycles. The standard InChI is InChI=1S/C15H20BrN5O/c1-17-15(19-10-12-6-7-20-21(12)2)18-9-11-4-5-14(22-3)13(16)8-11/h4-8H,9-10H2,1-3H3,(H2,17,18,19). The zero-order valence-corrected chi connectivity index (χ0v) is 14.5. The smallest absolute Gasteiger partial charge is 0.191 e. The Kier molecular flexibility index (Phi) is 5.83. The molecule has 0 bridgehead atoms. The van der Waals surface area contributed by atoms with Crippen LogP contribution in [0.5, 0.6) is 5.75 Å². The summed E-state index contributed by atoms with van der Waals surface area (Å²) < 4.78 is 8.00. The van der Waals surface area contributed by atoms with Crippen LogP contribution in [-0.4, -0.2) is 29.9 Å². The Bertz CT molecular complexity index is 653. The first-order valence-corrected chi connectivity index (χ1v) is 7.67. The topological polar surface area (TPSA) is 63.5 Å². The second-order valence-electron chi connectivity index (χ2n) is 4.69. The normalized spacial score (nSPS) is 11.4. The maximum Gasteiger partial charge on any atom is 0.191 e. The zero-order chi connectivity index (χ0) is 15.9. The molecule has 0 atom stereocenters. The Hall–Kier alpha value is -2.02. The summed E-state index contributed by atoms with van der Waals surface area (Å²) in [6.07, 6.45) is 1.78. The van der Waals surface area contributed by atoms with Gasteiger partial charge in [-0.2, -0.15) is 5.10 Å². The van der Waals surface area contributed by atoms with E-state index < -0.39 is 0 Å². The summed E-state index contributed by atoms with van der Waals surface area (Å²) in [6, 6.07) is 7.96. The molecule has 0 aliphatic rings. The van der Waals surface area contributed by atoms with Crippen molar-refractivity contribution in [3.63, 3.8) is 0 Å². The Morgan fingerprint density at radius 1 is 1.32 bits per heavy atom. The molecule has 2 N–H and O–H groups in total. The van der Waals surface area contributed by atoms with Crippen molar-refractivity contribution in [3.05, 3.63) is 46.2 Å². The lowest BCUT2D eigenvalue weighted by Crippen LogP contribution is -2.36. The fourth-order valence-electron chi connectivity index (χ4n) is 1.98. The van der Waals surface area contributed by atoms with E-state index in [1.807, 2.05) is 36.0 Å². The molecule has 0 fully saturated rings. The fraction of sp³-hybridized carbons (Fsp3) is 0.333. The number of aromatic nitrogens is 2. The van der Waals surface area contributed by atoms with Crippen LogP contribution >= 0.6 is 15.9 Å². The molecule has 118 valence electrons. The van der Waals surface area contributed by atoms with E-state index in [0.717, 1.165) is 27.4 Å². The van der Waals surface area contributed by atoms with Crippen molar-refractivity contribution in [2.24, 2.45) is 12.0 Å². The van der Waals surface area contributed by atoms with Crippen LogP contribution in [-0.2, 0) is 20.1 Å². The Labute approximate surface area is 138 Å². The molecule has 0 aliphatic heterocycles. The minimum atomic E-state index is 0.669. The molecule has 0 unspecified atom stereocenters. The molecule has 1 aromatic heterocycles. The van der Waals surface area contributed by atoms with Crippen LogP contribution in [0, 0.1) is 0 Å². The number of benzene rings is 1. The number of halogens is 1. The van der Waals surface area contributed by atoms with Gasteiger partial charge in [0, 0.05) is 26.8 Å². The maximum absolute atomic E-state index is 5.23. The first-order chi connectivity index (χ1) is 10.6. The van der Waals surface area contributed by atoms with E-state index in [0.29, 0.717) is 13.1 Å². The van der Waals surface area contributed by atoms with Crippen molar-refractivity contribution in [3.8, 4) is 5.75 Å². The number of aryl methyl sites for hydroxylation is 1. The first kappa shape index (κ1) is 16.4. The van der Waals surface area contributed by atoms with Crippen molar-refractivity contribution in [1.82, 2.24) is 20.4 Å². The largest absolute Gasteiger partial charge is 0.496 e. The van der Waals surface area contributed by atoms with E-state index in [-0.39, 0.29) is 0 Å². The maximum atomic E-state index is 5.23. The molecule has 7 heteroatoms. The van der Waals surface area contributed by atoms with Crippen molar-refractivity contribution < 1.29 is 4.74 Å². The van der Waals surface area contributed by atoms with E-state index in [1.165, 1.54) is 0 Å². The predicted octanol–water partition coefficient (Wildman–Crippen LogP) is 2.06. The zero-order valence-electron chi connectivity index (χ0n) is 12.9. The summed E-state index contributed by atoms with van der Waals surface area (Å²) in [7, 11) is 5.33. The molecule has 2 rings (SSSR count). The second-order valence-corrected chi connectivity index (χ2v) is 5.55. The van der Waals surface area contributed by atoms with E-state index in [4.69, 9.17) is 4.74 Å². The highest BCUT2D eigenvalue weighted by Crippen LogP contribution is 2.25. The minimum Gasteiger partial charge on any atom is -0.496 e. The van der Waals surface area contributed by atoms with E-state index in [2.05, 4.69) is 36.7 Å². The van der Waals surface area contributed by atoms with Crippen LogP contribution in [0.4, 0.5) is 0 Å². The molecular formula is C15H20BrN5O. The van der Waals surface area contributed by atoms with Gasteiger partial charge in [-0.25, -0.2) is 0 Å². The number of guanidine groups is 1. The van der Waals surface area contributed by atoms with Gasteiger partial charge in [0.25, 0.3) is 0 Å². The molecule has 0 spiro atoms. The van der Waals surface area contributed by atoms with Crippen LogP contribution in [0.1, 0.15) is 11.3 Å². The lowest BCUT2D eigenvalue weighted by atomic mass is 10.2. The molecule has 1 aromatic carbocycles. The molecule has 0 saturated heterocycles. The molecule has 0 aliphatic carbocycles. The first-order valence-electron chi connectivity index (χ1n) is 6.88. The summed E-state index contributed by atoms with van der Waals surface area (Å²) in [4.78, 5) is 4.22. The highest BCUT2D eigenvalue weighted by Gasteiger charge is 2.04. The van der Waals surface area contributed by atoms with Crippen LogP contribution in [0.3, 0.4) is 0 Å². The highest BCUT2D eigenvalue weighted by molar-refractivity contribution is 9.10. The summed E-state index contributed by atoms with van der Waals surface area (Å²) in [5.41, 5.74) is 2.23. The van der Waals surface area contributed by atoms with E-state index in [9.17, 15) is 0 Å². The number of ether oxygens (including phenoxy) is 1. The third kappa shape index (κ3) is 4.24. The molecule has 0 amide bonds. The number of rotatable bonds is 5. The Morgan fingerprint density at radius 3 is 2.68 bits per heavy atom. The number of aliphatic imine (C=N–C) groups is 1. The lowest BCUT2D eigenvalue weighted by Gasteiger charge is -2.13. The van der Waals surface area contributed by atoms with Gasteiger partial charge >= 0.3 is 0 Å². The van der Waals surface area contributed by atoms with E-state index >= 15 is 0 Å². The Balaban J connectivity index is 1.88. The Morgan fingerprint density at radius 2 is 2.09 bits per heavy atom. The van der Waals surface area contributed by atoms with Crippen LogP contribution in [0.15, 0.2) is 39.9 Å². The van der Waals surface area contributed by atoms with Crippen molar-refractivity contribution in [2.45, 2.75) is 13.1 Å². The molecule has 6 nitrogen and oxygen atoms in total. The van der Waals surface area contributed by atoms with Gasteiger partial charge in [0.2, 0.25) is 0 Å². The molecule has 2 aromatic rings. The quantitative estimate of drug-likeness (QED) is 0.628. The van der Waals surface area contributed by atoms with Crippen LogP contribution in [0.2, 0.25) is 0 Å². The monoisotopic (exact) mass is 365 g/mol. The highest BCUT2D eigenvalue weighted by atomic mass is 79.9. The van der Waals surface area contributed by atoms with Gasteiger partial charge in [0.15, 0.2) is 5.96 Å². The number of methoxy groups -OCH3 is 1. The second kappa shape index (κ2) is 7.84. The van der Waals surface area contributed by atoms with Crippen molar-refractivity contribution in [2.75, 3.05) is 14.2 Å². The lowest BCUT2D eigenvalue weighted by molar-refractivity contribution is 0.412. The van der Waals surface area contributed by atoms with Gasteiger partial charge in [0.05, 0.1) is 23.8 Å². The number of nitrogens with zero attached hydrogens (tertiary/aromatic N) is 3. The third-order valence-corrected chi connectivity index (χ3v) is 3.88. The number of nitrogens with one attached hydrogen (secondary N) is 2. The van der Waals surface area contributed by atoms with Gasteiger partial charge in [-0.05, 0) is 39.7 Å². The van der Waals surface area contributed by atoms with Crippen molar-refractivity contribution >= 4 is 21.9 Å². The molecular weight excluding hydrogens is 346 g/mol. The third-order valence-electron chi connectivity index (χ3n) is 3.26. The fourth-order valence-corrected chi connectivity index (χ4v) is 2.56. The number of hydrogen-bond donors (Lipinski definition) is 2. The average Bonchev–Trinajstić information content (AvgIpc) is 2.93. The van der Waals surface area contributed by atoms with Gasteiger partial charge in [-0.3, -0.25) is 9.67 Å². The van der Waals surface area contributed by atoms with Gasteiger partial charge in [-0.1, -0.05) is 6.07 Å². The molecule has 0 radical (unpaired) electrons. The summed E-state index contributed by atoms with van der Waals surface area (Å²) in [5, 5.41) is 10.7. The van der Waals surface area contributed by atoms with Gasteiger partial charge in [0.1, 0.15) is 5.75 Å². The molecule has 0 saturated carbocycles. The summed E-state index contributed by atoms with van der Waals surface area (Å²) in [6.45, 7) is 1.34. The average molecular weight is 366 g/mol. The van der Waals surface area contributed by atoms with Gasteiger partial charge < -0.3 is 15.4 Å².